The maximum atomic E-state index is 12.5. The van der Waals surface area contributed by atoms with E-state index in [0.717, 1.165) is 64.2 Å². The van der Waals surface area contributed by atoms with Crippen molar-refractivity contribution < 1.29 is 42.1 Å². The zero-order valence-electron chi connectivity index (χ0n) is 32.3. The number of phosphoric acid groups is 1. The van der Waals surface area contributed by atoms with Crippen LogP contribution in [0.1, 0.15) is 142 Å². The highest BCUT2D eigenvalue weighted by Crippen LogP contribution is 2.38. The van der Waals surface area contributed by atoms with Gasteiger partial charge in [0.15, 0.2) is 6.10 Å². The van der Waals surface area contributed by atoms with E-state index in [0.29, 0.717) is 23.9 Å². The molecule has 0 heterocycles. The molecule has 0 N–H and O–H groups in total. The first kappa shape index (κ1) is 48.0. The van der Waals surface area contributed by atoms with Crippen molar-refractivity contribution in [3.05, 3.63) is 48.6 Å². The molecule has 0 spiro atoms. The summed E-state index contributed by atoms with van der Waals surface area (Å²) in [7, 11) is 1.15. The van der Waals surface area contributed by atoms with Crippen LogP contribution in [0.2, 0.25) is 0 Å². The second-order valence-corrected chi connectivity index (χ2v) is 15.3. The Bertz CT molecular complexity index is 1000. The SMILES string of the molecule is CC/C=C\C/C=C\C/C=C\C/C=C\CCCCCCCCCCCCC(=O)OC(COC(=O)CCCCC)COP(=O)([O-])OCC[N+](C)(C)C. The molecule has 290 valence electrons. The van der Waals surface area contributed by atoms with Gasteiger partial charge in [-0.1, -0.05) is 127 Å². The van der Waals surface area contributed by atoms with E-state index in [1.807, 2.05) is 28.1 Å². The van der Waals surface area contributed by atoms with Gasteiger partial charge in [-0.25, -0.2) is 0 Å². The summed E-state index contributed by atoms with van der Waals surface area (Å²) in [5, 5.41) is 0. The maximum absolute atomic E-state index is 12.5. The van der Waals surface area contributed by atoms with Gasteiger partial charge in [-0.05, 0) is 51.4 Å². The Labute approximate surface area is 305 Å². The maximum Gasteiger partial charge on any atom is 0.306 e. The van der Waals surface area contributed by atoms with Crippen molar-refractivity contribution in [3.8, 4) is 0 Å². The van der Waals surface area contributed by atoms with Gasteiger partial charge < -0.3 is 27.9 Å². The first-order valence-electron chi connectivity index (χ1n) is 19.3. The fourth-order valence-electron chi connectivity index (χ4n) is 4.82. The fourth-order valence-corrected chi connectivity index (χ4v) is 5.55. The van der Waals surface area contributed by atoms with Gasteiger partial charge in [0, 0.05) is 12.8 Å². The van der Waals surface area contributed by atoms with Crippen molar-refractivity contribution in [2.45, 2.75) is 148 Å². The number of quaternary nitrogens is 1. The number of esters is 2. The molecule has 0 saturated carbocycles. The Hall–Kier alpha value is -2.03. The molecular weight excluding hydrogens is 653 g/mol. The number of nitrogens with zero attached hydrogens (tertiary/aromatic N) is 1. The van der Waals surface area contributed by atoms with E-state index in [1.54, 1.807) is 0 Å². The third-order valence-electron chi connectivity index (χ3n) is 7.86. The number of carbonyl (C=O) groups is 2. The lowest BCUT2D eigenvalue weighted by Gasteiger charge is -2.28. The molecule has 2 atom stereocenters. The third kappa shape index (κ3) is 35.8. The Balaban J connectivity index is 4.09. The molecule has 50 heavy (non-hydrogen) atoms. The van der Waals surface area contributed by atoms with Crippen molar-refractivity contribution in [1.82, 2.24) is 0 Å². The van der Waals surface area contributed by atoms with Crippen LogP contribution in [0, 0.1) is 0 Å². The number of phosphoric ester groups is 1. The lowest BCUT2D eigenvalue weighted by atomic mass is 10.0. The summed E-state index contributed by atoms with van der Waals surface area (Å²) in [4.78, 5) is 36.8. The molecule has 2 unspecified atom stereocenters. The summed E-state index contributed by atoms with van der Waals surface area (Å²) in [5.74, 6) is -0.872. The second-order valence-electron chi connectivity index (χ2n) is 13.9. The van der Waals surface area contributed by atoms with Crippen LogP contribution in [0.3, 0.4) is 0 Å². The summed E-state index contributed by atoms with van der Waals surface area (Å²) < 4.78 is 33.4. The highest BCUT2D eigenvalue weighted by molar-refractivity contribution is 7.45. The molecule has 0 aliphatic heterocycles. The molecule has 0 aromatic heterocycles. The molecule has 0 aromatic carbocycles. The van der Waals surface area contributed by atoms with Crippen LogP contribution in [-0.4, -0.2) is 70.0 Å². The number of ether oxygens (including phenoxy) is 2. The van der Waals surface area contributed by atoms with Gasteiger partial charge in [0.2, 0.25) is 0 Å². The minimum absolute atomic E-state index is 0.0333. The minimum Gasteiger partial charge on any atom is -0.756 e. The summed E-state index contributed by atoms with van der Waals surface area (Å²) in [5.41, 5.74) is 0. The first-order valence-corrected chi connectivity index (χ1v) is 20.8. The van der Waals surface area contributed by atoms with Crippen molar-refractivity contribution in [2.24, 2.45) is 0 Å². The summed E-state index contributed by atoms with van der Waals surface area (Å²) in [6.45, 7) is 3.90. The van der Waals surface area contributed by atoms with Gasteiger partial charge in [0.05, 0.1) is 27.7 Å². The number of likely N-dealkylation sites (N-methyl/N-ethyl adjacent to an activating group) is 1. The molecule has 0 fully saturated rings. The molecular formula is C40H72NO8P. The van der Waals surface area contributed by atoms with Gasteiger partial charge in [-0.3, -0.25) is 14.2 Å². The smallest absolute Gasteiger partial charge is 0.306 e. The van der Waals surface area contributed by atoms with Gasteiger partial charge in [0.25, 0.3) is 7.82 Å². The van der Waals surface area contributed by atoms with E-state index in [4.69, 9.17) is 18.5 Å². The highest BCUT2D eigenvalue weighted by Gasteiger charge is 2.21. The third-order valence-corrected chi connectivity index (χ3v) is 8.83. The topological polar surface area (TPSA) is 111 Å². The van der Waals surface area contributed by atoms with Gasteiger partial charge in [0.1, 0.15) is 19.8 Å². The van der Waals surface area contributed by atoms with Crippen molar-refractivity contribution in [3.63, 3.8) is 0 Å². The van der Waals surface area contributed by atoms with E-state index in [2.05, 4.69) is 55.5 Å². The van der Waals surface area contributed by atoms with Crippen LogP contribution in [-0.2, 0) is 32.7 Å². The first-order chi connectivity index (χ1) is 24.0. The number of rotatable bonds is 34. The molecule has 0 rings (SSSR count). The van der Waals surface area contributed by atoms with Crippen LogP contribution >= 0.6 is 7.82 Å². The molecule has 0 aliphatic carbocycles. The van der Waals surface area contributed by atoms with E-state index >= 15 is 0 Å². The van der Waals surface area contributed by atoms with Gasteiger partial charge in [-0.15, -0.1) is 0 Å². The number of allylic oxidation sites excluding steroid dienone is 8. The summed E-state index contributed by atoms with van der Waals surface area (Å²) in [6, 6.07) is 0. The zero-order chi connectivity index (χ0) is 37.2. The second kappa shape index (κ2) is 32.8. The van der Waals surface area contributed by atoms with E-state index in [9.17, 15) is 19.0 Å². The van der Waals surface area contributed by atoms with Gasteiger partial charge >= 0.3 is 11.9 Å². The predicted molar refractivity (Wildman–Crippen MR) is 203 cm³/mol. The average molecular weight is 726 g/mol. The molecule has 0 amide bonds. The van der Waals surface area contributed by atoms with Crippen LogP contribution in [0.5, 0.6) is 0 Å². The molecule has 10 heteroatoms. The van der Waals surface area contributed by atoms with Crippen LogP contribution in [0.4, 0.5) is 0 Å². The van der Waals surface area contributed by atoms with Crippen LogP contribution < -0.4 is 4.89 Å². The average Bonchev–Trinajstić information content (AvgIpc) is 3.05. The van der Waals surface area contributed by atoms with E-state index in [1.165, 1.54) is 38.5 Å². The fraction of sp³-hybridized carbons (Fsp3) is 0.750. The standard InChI is InChI=1S/C40H72NO8P/c1-6-8-10-11-12-13-14-15-16-17-18-19-20-21-22-23-24-25-26-27-28-29-31-33-40(43)49-38(36-46-39(42)32-30-9-7-2)37-48-50(44,45)47-35-34-41(3,4)5/h8,10,12-13,15-16,18-19,38H,6-7,9,11,14,17,20-37H2,1-5H3/b10-8-,13-12-,16-15-,19-18-. The Morgan fingerprint density at radius 3 is 1.70 bits per heavy atom. The van der Waals surface area contributed by atoms with Gasteiger partial charge in [-0.2, -0.15) is 0 Å². The van der Waals surface area contributed by atoms with E-state index < -0.39 is 32.5 Å². The summed E-state index contributed by atoms with van der Waals surface area (Å²) in [6.07, 6.45) is 36.6. The zero-order valence-corrected chi connectivity index (χ0v) is 33.2. The Morgan fingerprint density at radius 1 is 0.640 bits per heavy atom. The quantitative estimate of drug-likeness (QED) is 0.0212. The molecule has 0 bridgehead atoms. The normalized spacial score (nSPS) is 14.3. The highest BCUT2D eigenvalue weighted by atomic mass is 31.2. The monoisotopic (exact) mass is 725 g/mol. The van der Waals surface area contributed by atoms with Crippen molar-refractivity contribution >= 4 is 19.8 Å². The lowest BCUT2D eigenvalue weighted by molar-refractivity contribution is -0.870. The van der Waals surface area contributed by atoms with Crippen molar-refractivity contribution in [2.75, 3.05) is 47.5 Å². The number of carbonyl (C=O) groups excluding carboxylic acids is 2. The van der Waals surface area contributed by atoms with Crippen LogP contribution in [0.15, 0.2) is 48.6 Å². The van der Waals surface area contributed by atoms with Crippen LogP contribution in [0.25, 0.3) is 0 Å². The summed E-state index contributed by atoms with van der Waals surface area (Å²) >= 11 is 0. The number of unbranched alkanes of at least 4 members (excludes halogenated alkanes) is 12. The van der Waals surface area contributed by atoms with Crippen molar-refractivity contribution in [1.29, 1.82) is 0 Å². The largest absolute Gasteiger partial charge is 0.756 e. The molecule has 9 nitrogen and oxygen atoms in total. The molecule has 0 aliphatic rings. The number of hydrogen-bond donors (Lipinski definition) is 0. The molecule has 0 saturated heterocycles. The predicted octanol–water partition coefficient (Wildman–Crippen LogP) is 9.72. The number of hydrogen-bond acceptors (Lipinski definition) is 8. The Kier molecular flexibility index (Phi) is 31.5. The molecule has 0 aromatic rings. The minimum atomic E-state index is -4.60. The Morgan fingerprint density at radius 2 is 1.14 bits per heavy atom. The lowest BCUT2D eigenvalue weighted by Crippen LogP contribution is -2.37. The van der Waals surface area contributed by atoms with E-state index in [-0.39, 0.29) is 26.1 Å². The molecule has 0 radical (unpaired) electrons.